The summed E-state index contributed by atoms with van der Waals surface area (Å²) in [7, 11) is -0.920. The van der Waals surface area contributed by atoms with Crippen molar-refractivity contribution in [2.45, 2.75) is 25.9 Å². The fourth-order valence-electron chi connectivity index (χ4n) is 2.85. The van der Waals surface area contributed by atoms with Crippen molar-refractivity contribution in [1.29, 1.82) is 0 Å². The van der Waals surface area contributed by atoms with Crippen LogP contribution in [0.4, 0.5) is 0 Å². The molecule has 2 aromatic carbocycles. The first-order chi connectivity index (χ1) is 10.4. The van der Waals surface area contributed by atoms with Crippen LogP contribution < -0.4 is 5.46 Å². The molecule has 3 rings (SSSR count). The average molecular weight is 406 g/mol. The van der Waals surface area contributed by atoms with Gasteiger partial charge in [0.1, 0.15) is 0 Å². The van der Waals surface area contributed by atoms with Gasteiger partial charge in [-0.25, -0.2) is 0 Å². The minimum atomic E-state index is -0.920. The van der Waals surface area contributed by atoms with Gasteiger partial charge in [0.05, 0.1) is 5.60 Å². The molecule has 0 saturated heterocycles. The van der Waals surface area contributed by atoms with Gasteiger partial charge in [0, 0.05) is 15.6 Å². The van der Waals surface area contributed by atoms with Gasteiger partial charge < -0.3 is 9.68 Å². The number of hydrogen-bond acceptors (Lipinski definition) is 3. The summed E-state index contributed by atoms with van der Waals surface area (Å²) in [5, 5.41) is 10.0. The van der Waals surface area contributed by atoms with E-state index < -0.39 is 12.7 Å². The van der Waals surface area contributed by atoms with Crippen molar-refractivity contribution in [1.82, 2.24) is 0 Å². The molecule has 1 aliphatic heterocycles. The van der Waals surface area contributed by atoms with Gasteiger partial charge in [0.15, 0.2) is 5.78 Å². The number of carbonyl (C=O) groups is 1. The molecule has 0 radical (unpaired) electrons. The molecule has 0 unspecified atom stereocenters. The van der Waals surface area contributed by atoms with Gasteiger partial charge >= 0.3 is 7.12 Å². The van der Waals surface area contributed by atoms with E-state index in [0.29, 0.717) is 6.42 Å². The van der Waals surface area contributed by atoms with E-state index in [2.05, 4.69) is 22.6 Å². The first-order valence-corrected chi connectivity index (χ1v) is 8.23. The van der Waals surface area contributed by atoms with Gasteiger partial charge in [0.2, 0.25) is 0 Å². The third kappa shape index (κ3) is 2.85. The molecule has 112 valence electrons. The molecular weight excluding hydrogens is 390 g/mol. The molecule has 0 aliphatic carbocycles. The molecule has 0 aromatic heterocycles. The highest BCUT2D eigenvalue weighted by Crippen LogP contribution is 2.30. The summed E-state index contributed by atoms with van der Waals surface area (Å²) in [6, 6.07) is 13.3. The normalized spacial score (nSPS) is 15.7. The van der Waals surface area contributed by atoms with E-state index in [9.17, 15) is 9.82 Å². The number of benzene rings is 2. The van der Waals surface area contributed by atoms with E-state index in [4.69, 9.17) is 4.65 Å². The summed E-state index contributed by atoms with van der Waals surface area (Å²) in [6.07, 6.45) is 0.320. The van der Waals surface area contributed by atoms with Crippen LogP contribution in [0.3, 0.4) is 0 Å². The molecule has 22 heavy (non-hydrogen) atoms. The number of carbonyl (C=O) groups excluding carboxylic acids is 1. The molecule has 0 bridgehead atoms. The molecule has 0 amide bonds. The van der Waals surface area contributed by atoms with Crippen LogP contribution in [-0.4, -0.2) is 17.9 Å². The highest BCUT2D eigenvalue weighted by Gasteiger charge is 2.40. The second-order valence-corrected chi connectivity index (χ2v) is 7.14. The van der Waals surface area contributed by atoms with Gasteiger partial charge in [-0.3, -0.25) is 4.79 Å². The Kier molecular flexibility index (Phi) is 4.14. The molecule has 5 heteroatoms. The quantitative estimate of drug-likeness (QED) is 0.485. The predicted molar refractivity (Wildman–Crippen MR) is 95.4 cm³/mol. The Morgan fingerprint density at radius 1 is 1.27 bits per heavy atom. The zero-order valence-corrected chi connectivity index (χ0v) is 14.6. The zero-order chi connectivity index (χ0) is 15.9. The summed E-state index contributed by atoms with van der Waals surface area (Å²) in [6.45, 7) is 3.86. The largest absolute Gasteiger partial charge is 0.492 e. The van der Waals surface area contributed by atoms with E-state index in [1.807, 2.05) is 56.3 Å². The van der Waals surface area contributed by atoms with Gasteiger partial charge in [-0.15, -0.1) is 0 Å². The predicted octanol–water partition coefficient (Wildman–Crippen LogP) is 2.67. The van der Waals surface area contributed by atoms with Gasteiger partial charge in [-0.2, -0.15) is 0 Å². The molecule has 1 N–H and O–H groups in total. The van der Waals surface area contributed by atoms with Gasteiger partial charge in [0.25, 0.3) is 0 Å². The maximum absolute atomic E-state index is 12.4. The Labute approximate surface area is 144 Å². The van der Waals surface area contributed by atoms with Crippen LogP contribution in [0.25, 0.3) is 0 Å². The Hall–Kier alpha value is -1.18. The number of rotatable bonds is 3. The van der Waals surface area contributed by atoms with Crippen molar-refractivity contribution in [2.24, 2.45) is 0 Å². The first kappa shape index (κ1) is 15.7. The lowest BCUT2D eigenvalue weighted by atomic mass is 9.77. The van der Waals surface area contributed by atoms with Crippen molar-refractivity contribution < 1.29 is 14.5 Å². The summed E-state index contributed by atoms with van der Waals surface area (Å²) in [4.78, 5) is 12.4. The second kappa shape index (κ2) is 5.79. The smallest absolute Gasteiger partial charge is 0.423 e. The van der Waals surface area contributed by atoms with Crippen LogP contribution >= 0.6 is 22.6 Å². The van der Waals surface area contributed by atoms with Gasteiger partial charge in [-0.1, -0.05) is 36.4 Å². The minimum absolute atomic E-state index is 0.0811. The number of ketones is 1. The lowest BCUT2D eigenvalue weighted by Gasteiger charge is -2.19. The molecule has 2 aromatic rings. The minimum Gasteiger partial charge on any atom is -0.423 e. The fraction of sp³-hybridized carbons (Fsp3) is 0.235. The summed E-state index contributed by atoms with van der Waals surface area (Å²) >= 11 is 2.17. The number of hydrogen-bond donors (Lipinski definition) is 1. The maximum Gasteiger partial charge on any atom is 0.492 e. The first-order valence-electron chi connectivity index (χ1n) is 7.15. The van der Waals surface area contributed by atoms with Crippen molar-refractivity contribution in [2.75, 3.05) is 0 Å². The monoisotopic (exact) mass is 406 g/mol. The third-order valence-corrected chi connectivity index (χ3v) is 4.92. The fourth-order valence-corrected chi connectivity index (χ4v) is 3.54. The van der Waals surface area contributed by atoms with Crippen molar-refractivity contribution in [3.05, 3.63) is 62.7 Å². The van der Waals surface area contributed by atoms with Crippen molar-refractivity contribution in [3.63, 3.8) is 0 Å². The van der Waals surface area contributed by atoms with E-state index >= 15 is 0 Å². The number of Topliss-reactive ketones (excluding diaryl/α,β-unsaturated/α-hetero) is 1. The third-order valence-electron chi connectivity index (χ3n) is 3.98. The Balaban J connectivity index is 1.88. The van der Waals surface area contributed by atoms with E-state index in [1.165, 1.54) is 0 Å². The topological polar surface area (TPSA) is 46.5 Å². The Morgan fingerprint density at radius 2 is 2.00 bits per heavy atom. The SMILES string of the molecule is CC1(C)OB(O)c2cc(CC(=O)c3ccccc3I)ccc21. The molecule has 0 fully saturated rings. The van der Waals surface area contributed by atoms with Crippen LogP contribution in [0, 0.1) is 3.57 Å². The standard InChI is InChI=1S/C17H16BIO3/c1-17(2)13-8-7-11(9-14(13)18(21)22-17)10-16(20)12-5-3-4-6-15(12)19/h3-9,21H,10H2,1-2H3. The van der Waals surface area contributed by atoms with Crippen molar-refractivity contribution in [3.8, 4) is 0 Å². The van der Waals surface area contributed by atoms with E-state index in [-0.39, 0.29) is 5.78 Å². The Morgan fingerprint density at radius 3 is 2.73 bits per heavy atom. The average Bonchev–Trinajstić information content (AvgIpc) is 2.69. The summed E-state index contributed by atoms with van der Waals surface area (Å²) in [5.74, 6) is 0.0811. The lowest BCUT2D eigenvalue weighted by molar-refractivity contribution is 0.0990. The maximum atomic E-state index is 12.4. The lowest BCUT2D eigenvalue weighted by Crippen LogP contribution is -2.29. The molecule has 3 nitrogen and oxygen atoms in total. The van der Waals surface area contributed by atoms with Crippen LogP contribution in [0.15, 0.2) is 42.5 Å². The number of halogens is 1. The van der Waals surface area contributed by atoms with Crippen molar-refractivity contribution >= 4 is 41.0 Å². The van der Waals surface area contributed by atoms with E-state index in [1.54, 1.807) is 0 Å². The van der Waals surface area contributed by atoms with Crippen LogP contribution in [0.1, 0.15) is 35.3 Å². The van der Waals surface area contributed by atoms with Crippen LogP contribution in [0.5, 0.6) is 0 Å². The molecule has 1 aliphatic rings. The number of fused-ring (bicyclic) bond motifs is 1. The zero-order valence-electron chi connectivity index (χ0n) is 12.5. The molecule has 0 spiro atoms. The van der Waals surface area contributed by atoms with Gasteiger partial charge in [-0.05, 0) is 59.1 Å². The van der Waals surface area contributed by atoms with E-state index in [0.717, 1.165) is 25.7 Å². The molecular formula is C17H16BIO3. The molecule has 0 atom stereocenters. The Bertz CT molecular complexity index is 742. The van der Waals surface area contributed by atoms with Crippen LogP contribution in [0.2, 0.25) is 0 Å². The highest BCUT2D eigenvalue weighted by atomic mass is 127. The molecule has 0 saturated carbocycles. The summed E-state index contributed by atoms with van der Waals surface area (Å²) < 4.78 is 6.51. The second-order valence-electron chi connectivity index (χ2n) is 5.98. The summed E-state index contributed by atoms with van der Waals surface area (Å²) in [5.41, 5.74) is 2.87. The van der Waals surface area contributed by atoms with Crippen LogP contribution in [-0.2, 0) is 16.7 Å². The molecule has 1 heterocycles. The highest BCUT2D eigenvalue weighted by molar-refractivity contribution is 14.1.